The maximum Gasteiger partial charge on any atom is 0.191 e. The molecule has 1 aromatic rings. The van der Waals surface area contributed by atoms with Crippen molar-refractivity contribution in [3.8, 4) is 11.5 Å². The molecule has 0 amide bonds. The van der Waals surface area contributed by atoms with E-state index in [9.17, 15) is 0 Å². The number of rotatable bonds is 7. The first-order chi connectivity index (χ1) is 11.7. The lowest BCUT2D eigenvalue weighted by Gasteiger charge is -2.21. The molecular weight excluding hydrogens is 431 g/mol. The van der Waals surface area contributed by atoms with Crippen LogP contribution in [0.4, 0.5) is 0 Å². The Morgan fingerprint density at radius 3 is 2.60 bits per heavy atom. The third-order valence-electron chi connectivity index (χ3n) is 4.39. The predicted octanol–water partition coefficient (Wildman–Crippen LogP) is 2.47. The Morgan fingerprint density at radius 2 is 2.00 bits per heavy atom. The Hall–Kier alpha value is -1.22. The third kappa shape index (κ3) is 6.54. The number of benzene rings is 1. The summed E-state index contributed by atoms with van der Waals surface area (Å²) in [5.74, 6) is 2.32. The number of nitrogens with zero attached hydrogens (tertiary/aromatic N) is 2. The summed E-state index contributed by atoms with van der Waals surface area (Å²) in [7, 11) is 5.48. The molecule has 1 aliphatic rings. The molecule has 0 spiro atoms. The summed E-state index contributed by atoms with van der Waals surface area (Å²) in [6.07, 6.45) is 2.53. The Morgan fingerprint density at radius 1 is 1.24 bits per heavy atom. The highest BCUT2D eigenvalue weighted by atomic mass is 127. The van der Waals surface area contributed by atoms with Crippen LogP contribution in [0.2, 0.25) is 0 Å². The standard InChI is InChI=1S/C18H30N4O2.HI/c1-5-19-18(21-13-15-7-6-10-22(15)2)20-12-14-8-9-16(23-3)17(11-14)24-4;/h8-9,11,15H,5-7,10,12-13H2,1-4H3,(H2,19,20,21);1H. The number of likely N-dealkylation sites (N-methyl/N-ethyl adjacent to an activating group) is 1. The Kier molecular flexibility index (Phi) is 9.96. The second-order valence-corrected chi connectivity index (χ2v) is 6.04. The van der Waals surface area contributed by atoms with E-state index in [1.807, 2.05) is 18.2 Å². The van der Waals surface area contributed by atoms with E-state index in [0.717, 1.165) is 36.1 Å². The lowest BCUT2D eigenvalue weighted by Crippen LogP contribution is -2.44. The molecule has 25 heavy (non-hydrogen) atoms. The number of likely N-dealkylation sites (tertiary alicyclic amines) is 1. The first-order valence-corrected chi connectivity index (χ1v) is 8.61. The SMILES string of the molecule is CCNC(=NCc1ccc(OC)c(OC)c1)NCC1CCCN1C.I. The highest BCUT2D eigenvalue weighted by Crippen LogP contribution is 2.27. The van der Waals surface area contributed by atoms with Gasteiger partial charge in [0.25, 0.3) is 0 Å². The Balaban J connectivity index is 0.00000312. The summed E-state index contributed by atoms with van der Waals surface area (Å²) in [4.78, 5) is 7.09. The molecule has 0 saturated carbocycles. The molecule has 1 fully saturated rings. The molecule has 0 aromatic heterocycles. The maximum absolute atomic E-state index is 5.35. The van der Waals surface area contributed by atoms with Crippen molar-refractivity contribution >= 4 is 29.9 Å². The van der Waals surface area contributed by atoms with Gasteiger partial charge in [-0.3, -0.25) is 0 Å². The fourth-order valence-corrected chi connectivity index (χ4v) is 2.94. The van der Waals surface area contributed by atoms with Gasteiger partial charge < -0.3 is 25.0 Å². The minimum atomic E-state index is 0. The molecule has 1 aliphatic heterocycles. The summed E-state index contributed by atoms with van der Waals surface area (Å²) >= 11 is 0. The van der Waals surface area contributed by atoms with Gasteiger partial charge in [-0.05, 0) is 51.1 Å². The number of hydrogen-bond acceptors (Lipinski definition) is 4. The van der Waals surface area contributed by atoms with Gasteiger partial charge in [-0.25, -0.2) is 4.99 Å². The molecular formula is C18H31IN4O2. The first kappa shape index (κ1) is 21.8. The van der Waals surface area contributed by atoms with Crippen LogP contribution in [0.1, 0.15) is 25.3 Å². The summed E-state index contributed by atoms with van der Waals surface area (Å²) in [6.45, 7) is 5.63. The highest BCUT2D eigenvalue weighted by Gasteiger charge is 2.20. The molecule has 1 heterocycles. The predicted molar refractivity (Wildman–Crippen MR) is 113 cm³/mol. The summed E-state index contributed by atoms with van der Waals surface area (Å²) < 4.78 is 10.6. The second kappa shape index (κ2) is 11.4. The average molecular weight is 462 g/mol. The van der Waals surface area contributed by atoms with Gasteiger partial charge in [0.2, 0.25) is 0 Å². The molecule has 7 heteroatoms. The van der Waals surface area contributed by atoms with Crippen LogP contribution in [0.5, 0.6) is 11.5 Å². The van der Waals surface area contributed by atoms with Gasteiger partial charge in [0.1, 0.15) is 0 Å². The summed E-state index contributed by atoms with van der Waals surface area (Å²) in [5, 5.41) is 6.76. The molecule has 1 atom stereocenters. The maximum atomic E-state index is 5.35. The van der Waals surface area contributed by atoms with Crippen LogP contribution in [0.3, 0.4) is 0 Å². The van der Waals surface area contributed by atoms with Crippen molar-refractivity contribution in [3.05, 3.63) is 23.8 Å². The fourth-order valence-electron chi connectivity index (χ4n) is 2.94. The number of halogens is 1. The van der Waals surface area contributed by atoms with Gasteiger partial charge in [-0.15, -0.1) is 24.0 Å². The average Bonchev–Trinajstić information content (AvgIpc) is 3.02. The van der Waals surface area contributed by atoms with E-state index >= 15 is 0 Å². The normalized spacial score (nSPS) is 17.8. The summed E-state index contributed by atoms with van der Waals surface area (Å²) in [5.41, 5.74) is 1.09. The molecule has 0 aliphatic carbocycles. The molecule has 0 bridgehead atoms. The van der Waals surface area contributed by atoms with Crippen molar-refractivity contribution in [3.63, 3.8) is 0 Å². The van der Waals surface area contributed by atoms with Crippen molar-refractivity contribution in [1.29, 1.82) is 0 Å². The van der Waals surface area contributed by atoms with Gasteiger partial charge in [0, 0.05) is 19.1 Å². The topological polar surface area (TPSA) is 58.1 Å². The van der Waals surface area contributed by atoms with Crippen LogP contribution in [0.15, 0.2) is 23.2 Å². The van der Waals surface area contributed by atoms with Crippen molar-refractivity contribution < 1.29 is 9.47 Å². The fraction of sp³-hybridized carbons (Fsp3) is 0.611. The lowest BCUT2D eigenvalue weighted by atomic mass is 10.2. The van der Waals surface area contributed by atoms with E-state index in [1.54, 1.807) is 14.2 Å². The molecule has 2 rings (SSSR count). The van der Waals surface area contributed by atoms with E-state index in [1.165, 1.54) is 19.4 Å². The minimum Gasteiger partial charge on any atom is -0.493 e. The quantitative estimate of drug-likeness (QED) is 0.371. The zero-order valence-electron chi connectivity index (χ0n) is 15.7. The largest absolute Gasteiger partial charge is 0.493 e. The number of nitrogens with one attached hydrogen (secondary N) is 2. The van der Waals surface area contributed by atoms with Crippen LogP contribution >= 0.6 is 24.0 Å². The molecule has 1 saturated heterocycles. The number of ether oxygens (including phenoxy) is 2. The Bertz CT molecular complexity index is 554. The van der Waals surface area contributed by atoms with E-state index in [0.29, 0.717) is 12.6 Å². The number of hydrogen-bond donors (Lipinski definition) is 2. The Labute approximate surface area is 168 Å². The third-order valence-corrected chi connectivity index (χ3v) is 4.39. The molecule has 1 aromatic carbocycles. The molecule has 1 unspecified atom stereocenters. The van der Waals surface area contributed by atoms with E-state index < -0.39 is 0 Å². The van der Waals surface area contributed by atoms with Crippen LogP contribution in [0.25, 0.3) is 0 Å². The van der Waals surface area contributed by atoms with Gasteiger partial charge in [-0.2, -0.15) is 0 Å². The van der Waals surface area contributed by atoms with E-state index in [2.05, 4.69) is 34.5 Å². The number of aliphatic imine (C=N–C) groups is 1. The zero-order valence-corrected chi connectivity index (χ0v) is 18.0. The minimum absolute atomic E-state index is 0. The van der Waals surface area contributed by atoms with Crippen molar-refractivity contribution in [1.82, 2.24) is 15.5 Å². The van der Waals surface area contributed by atoms with Gasteiger partial charge in [-0.1, -0.05) is 6.07 Å². The second-order valence-electron chi connectivity index (χ2n) is 6.04. The first-order valence-electron chi connectivity index (χ1n) is 8.61. The van der Waals surface area contributed by atoms with E-state index in [4.69, 9.17) is 9.47 Å². The number of methoxy groups -OCH3 is 2. The van der Waals surface area contributed by atoms with Crippen LogP contribution in [0, 0.1) is 0 Å². The van der Waals surface area contributed by atoms with Gasteiger partial charge in [0.15, 0.2) is 17.5 Å². The molecule has 0 radical (unpaired) electrons. The monoisotopic (exact) mass is 462 g/mol. The zero-order chi connectivity index (χ0) is 17.4. The summed E-state index contributed by atoms with van der Waals surface area (Å²) in [6, 6.07) is 6.49. The number of guanidine groups is 1. The van der Waals surface area contributed by atoms with Crippen molar-refractivity contribution in [2.45, 2.75) is 32.4 Å². The van der Waals surface area contributed by atoms with E-state index in [-0.39, 0.29) is 24.0 Å². The van der Waals surface area contributed by atoms with Crippen LogP contribution < -0.4 is 20.1 Å². The van der Waals surface area contributed by atoms with Crippen LogP contribution in [-0.4, -0.2) is 57.8 Å². The molecule has 2 N–H and O–H groups in total. The highest BCUT2D eigenvalue weighted by molar-refractivity contribution is 14.0. The van der Waals surface area contributed by atoms with Gasteiger partial charge in [0.05, 0.1) is 20.8 Å². The molecule has 6 nitrogen and oxygen atoms in total. The molecule has 142 valence electrons. The van der Waals surface area contributed by atoms with Gasteiger partial charge >= 0.3 is 0 Å². The smallest absolute Gasteiger partial charge is 0.191 e. The van der Waals surface area contributed by atoms with Crippen molar-refractivity contribution in [2.75, 3.05) is 40.9 Å². The van der Waals surface area contributed by atoms with Crippen LogP contribution in [-0.2, 0) is 6.54 Å². The lowest BCUT2D eigenvalue weighted by molar-refractivity contribution is 0.309. The van der Waals surface area contributed by atoms with Crippen molar-refractivity contribution in [2.24, 2.45) is 4.99 Å².